The number of nitrogens with zero attached hydrogens (tertiary/aromatic N) is 1. The Morgan fingerprint density at radius 2 is 1.88 bits per heavy atom. The molecular formula is C20H32N2O4. The van der Waals surface area contributed by atoms with E-state index in [0.717, 1.165) is 18.5 Å². The Hall–Kier alpha value is -2.08. The minimum atomic E-state index is -1.07. The van der Waals surface area contributed by atoms with Gasteiger partial charge in [-0.05, 0) is 56.0 Å². The Kier molecular flexibility index (Phi) is 8.58. The van der Waals surface area contributed by atoms with E-state index in [1.54, 1.807) is 19.9 Å². The Labute approximate surface area is 156 Å². The summed E-state index contributed by atoms with van der Waals surface area (Å²) in [6.07, 6.45) is 0.233. The standard InChI is InChI=1S/C20H32N2O4/c1-7-17(14(4)12-22(5)6)15-9-8-10-16(11-15)26-20(25)21-18(13(2)3)19(23)24/h8-11,13-14,17-18H,7,12H2,1-6H3,(H,21,25)(H,23,24)/t14-,17+,18?/m1/s1. The zero-order valence-corrected chi connectivity index (χ0v) is 16.7. The fourth-order valence-electron chi connectivity index (χ4n) is 3.26. The maximum Gasteiger partial charge on any atom is 0.413 e. The van der Waals surface area contributed by atoms with E-state index in [-0.39, 0.29) is 5.92 Å². The fraction of sp³-hybridized carbons (Fsp3) is 0.600. The third kappa shape index (κ3) is 6.67. The average molecular weight is 364 g/mol. The van der Waals surface area contributed by atoms with Crippen LogP contribution in [0.3, 0.4) is 0 Å². The third-order valence-electron chi connectivity index (χ3n) is 4.48. The molecule has 146 valence electrons. The molecule has 0 aliphatic rings. The van der Waals surface area contributed by atoms with E-state index in [0.29, 0.717) is 17.6 Å². The van der Waals surface area contributed by atoms with Gasteiger partial charge in [-0.2, -0.15) is 0 Å². The second-order valence-corrected chi connectivity index (χ2v) is 7.42. The number of nitrogens with one attached hydrogen (secondary N) is 1. The molecular weight excluding hydrogens is 332 g/mol. The molecule has 1 amide bonds. The Morgan fingerprint density at radius 1 is 1.23 bits per heavy atom. The van der Waals surface area contributed by atoms with Crippen LogP contribution in [0.5, 0.6) is 5.75 Å². The van der Waals surface area contributed by atoms with Crippen LogP contribution in [0, 0.1) is 11.8 Å². The average Bonchev–Trinajstić information content (AvgIpc) is 2.52. The van der Waals surface area contributed by atoms with Crippen LogP contribution in [0.4, 0.5) is 4.79 Å². The SMILES string of the molecule is CC[C@H](c1cccc(OC(=O)NC(C(=O)O)C(C)C)c1)[C@H](C)CN(C)C. The largest absolute Gasteiger partial charge is 0.480 e. The second kappa shape index (κ2) is 10.2. The van der Waals surface area contributed by atoms with Gasteiger partial charge in [-0.3, -0.25) is 0 Å². The number of carboxylic acid groups (broad SMARTS) is 1. The summed E-state index contributed by atoms with van der Waals surface area (Å²) in [4.78, 5) is 25.4. The van der Waals surface area contributed by atoms with Gasteiger partial charge in [-0.15, -0.1) is 0 Å². The van der Waals surface area contributed by atoms with Crippen molar-refractivity contribution in [3.63, 3.8) is 0 Å². The van der Waals surface area contributed by atoms with Gasteiger partial charge in [0, 0.05) is 6.54 Å². The number of carbonyl (C=O) groups excluding carboxylic acids is 1. The van der Waals surface area contributed by atoms with Gasteiger partial charge in [0.1, 0.15) is 11.8 Å². The van der Waals surface area contributed by atoms with Gasteiger partial charge in [0.2, 0.25) is 0 Å². The van der Waals surface area contributed by atoms with E-state index in [1.807, 2.05) is 18.2 Å². The van der Waals surface area contributed by atoms with Crippen molar-refractivity contribution < 1.29 is 19.4 Å². The number of carboxylic acids is 1. The predicted molar refractivity (Wildman–Crippen MR) is 103 cm³/mol. The molecule has 0 aliphatic carbocycles. The molecule has 6 nitrogen and oxygen atoms in total. The highest BCUT2D eigenvalue weighted by atomic mass is 16.6. The van der Waals surface area contributed by atoms with Crippen molar-refractivity contribution in [3.05, 3.63) is 29.8 Å². The van der Waals surface area contributed by atoms with Gasteiger partial charge in [-0.25, -0.2) is 9.59 Å². The number of hydrogen-bond donors (Lipinski definition) is 2. The third-order valence-corrected chi connectivity index (χ3v) is 4.48. The summed E-state index contributed by atoms with van der Waals surface area (Å²) in [5.41, 5.74) is 1.12. The molecule has 1 unspecified atom stereocenters. The lowest BCUT2D eigenvalue weighted by Gasteiger charge is -2.26. The van der Waals surface area contributed by atoms with E-state index in [2.05, 4.69) is 38.2 Å². The molecule has 26 heavy (non-hydrogen) atoms. The van der Waals surface area contributed by atoms with Crippen LogP contribution < -0.4 is 10.1 Å². The number of aliphatic carboxylic acids is 1. The molecule has 6 heteroatoms. The quantitative estimate of drug-likeness (QED) is 0.700. The van der Waals surface area contributed by atoms with Gasteiger partial charge in [-0.1, -0.05) is 39.8 Å². The van der Waals surface area contributed by atoms with E-state index in [4.69, 9.17) is 9.84 Å². The fourth-order valence-corrected chi connectivity index (χ4v) is 3.26. The van der Waals surface area contributed by atoms with Gasteiger partial charge in [0.05, 0.1) is 0 Å². The van der Waals surface area contributed by atoms with Crippen molar-refractivity contribution >= 4 is 12.1 Å². The minimum Gasteiger partial charge on any atom is -0.480 e. The molecule has 0 fully saturated rings. The molecule has 2 N–H and O–H groups in total. The number of hydrogen-bond acceptors (Lipinski definition) is 4. The molecule has 1 rings (SSSR count). The summed E-state index contributed by atoms with van der Waals surface area (Å²) in [6.45, 7) is 8.81. The molecule has 0 bridgehead atoms. The lowest BCUT2D eigenvalue weighted by molar-refractivity contribution is -0.140. The van der Waals surface area contributed by atoms with Crippen molar-refractivity contribution in [2.24, 2.45) is 11.8 Å². The zero-order chi connectivity index (χ0) is 19.9. The van der Waals surface area contributed by atoms with Crippen LogP contribution in [-0.4, -0.2) is 48.8 Å². The highest BCUT2D eigenvalue weighted by Crippen LogP contribution is 2.30. The number of carbonyl (C=O) groups is 2. The number of rotatable bonds is 9. The van der Waals surface area contributed by atoms with Crippen LogP contribution in [0.2, 0.25) is 0 Å². The van der Waals surface area contributed by atoms with Gasteiger partial charge in [0.15, 0.2) is 0 Å². The highest BCUT2D eigenvalue weighted by Gasteiger charge is 2.24. The Bertz CT molecular complexity index is 601. The first-order valence-corrected chi connectivity index (χ1v) is 9.11. The van der Waals surface area contributed by atoms with E-state index >= 15 is 0 Å². The molecule has 0 radical (unpaired) electrons. The maximum atomic E-state index is 12.1. The predicted octanol–water partition coefficient (Wildman–Crippen LogP) is 3.58. The highest BCUT2D eigenvalue weighted by molar-refractivity contribution is 5.81. The number of benzene rings is 1. The summed E-state index contributed by atoms with van der Waals surface area (Å²) >= 11 is 0. The van der Waals surface area contributed by atoms with Crippen LogP contribution in [0.25, 0.3) is 0 Å². The lowest BCUT2D eigenvalue weighted by Crippen LogP contribution is -2.45. The molecule has 0 saturated carbocycles. The second-order valence-electron chi connectivity index (χ2n) is 7.42. The van der Waals surface area contributed by atoms with Crippen molar-refractivity contribution in [3.8, 4) is 5.75 Å². The Balaban J connectivity index is 2.85. The van der Waals surface area contributed by atoms with Crippen molar-refractivity contribution in [2.75, 3.05) is 20.6 Å². The maximum absolute atomic E-state index is 12.1. The smallest absolute Gasteiger partial charge is 0.413 e. The zero-order valence-electron chi connectivity index (χ0n) is 16.7. The Morgan fingerprint density at radius 3 is 2.38 bits per heavy atom. The van der Waals surface area contributed by atoms with E-state index in [9.17, 15) is 9.59 Å². The topological polar surface area (TPSA) is 78.9 Å². The summed E-state index contributed by atoms with van der Waals surface area (Å²) < 4.78 is 5.32. The molecule has 0 aromatic heterocycles. The first kappa shape index (κ1) is 22.0. The lowest BCUT2D eigenvalue weighted by atomic mass is 9.85. The van der Waals surface area contributed by atoms with Gasteiger partial charge in [0.25, 0.3) is 0 Å². The molecule has 0 aliphatic heterocycles. The van der Waals surface area contributed by atoms with Crippen molar-refractivity contribution in [1.29, 1.82) is 0 Å². The molecule has 1 aromatic carbocycles. The molecule has 0 heterocycles. The van der Waals surface area contributed by atoms with E-state index in [1.165, 1.54) is 0 Å². The molecule has 1 aromatic rings. The molecule has 0 spiro atoms. The van der Waals surface area contributed by atoms with Crippen molar-refractivity contribution in [1.82, 2.24) is 10.2 Å². The van der Waals surface area contributed by atoms with Crippen LogP contribution in [-0.2, 0) is 4.79 Å². The van der Waals surface area contributed by atoms with Gasteiger partial charge >= 0.3 is 12.1 Å². The first-order valence-electron chi connectivity index (χ1n) is 9.11. The summed E-state index contributed by atoms with van der Waals surface area (Å²) in [5, 5.41) is 11.6. The molecule has 0 saturated heterocycles. The summed E-state index contributed by atoms with van der Waals surface area (Å²) in [7, 11) is 4.11. The normalized spacial score (nSPS) is 14.8. The van der Waals surface area contributed by atoms with Crippen LogP contribution in [0.1, 0.15) is 45.6 Å². The summed E-state index contributed by atoms with van der Waals surface area (Å²) in [6, 6.07) is 6.50. The van der Waals surface area contributed by atoms with Crippen LogP contribution in [0.15, 0.2) is 24.3 Å². The minimum absolute atomic E-state index is 0.234. The van der Waals surface area contributed by atoms with Gasteiger partial charge < -0.3 is 20.1 Å². The summed E-state index contributed by atoms with van der Waals surface area (Å²) in [5.74, 6) is -0.0803. The first-order chi connectivity index (χ1) is 12.1. The number of ether oxygens (including phenoxy) is 1. The molecule has 3 atom stereocenters. The van der Waals surface area contributed by atoms with Crippen LogP contribution >= 0.6 is 0 Å². The monoisotopic (exact) mass is 364 g/mol. The van der Waals surface area contributed by atoms with Crippen molar-refractivity contribution in [2.45, 2.75) is 46.1 Å². The number of amides is 1. The van der Waals surface area contributed by atoms with E-state index < -0.39 is 18.1 Å².